The highest BCUT2D eigenvalue weighted by molar-refractivity contribution is 6.01. The number of carbonyl (C=O) groups excluding carboxylic acids is 1. The zero-order chi connectivity index (χ0) is 14.4. The van der Waals surface area contributed by atoms with Crippen molar-refractivity contribution in [2.75, 3.05) is 17.7 Å². The number of aromatic amines is 1. The maximum atomic E-state index is 11.6. The van der Waals surface area contributed by atoms with Gasteiger partial charge < -0.3 is 20.7 Å². The smallest absolute Gasteiger partial charge is 0.339 e. The summed E-state index contributed by atoms with van der Waals surface area (Å²) in [6.45, 7) is 0. The minimum Gasteiger partial charge on any atom is -0.478 e. The second-order valence-electron chi connectivity index (χ2n) is 4.79. The first-order valence-electron chi connectivity index (χ1n) is 6.09. The van der Waals surface area contributed by atoms with E-state index in [2.05, 4.69) is 4.98 Å². The number of H-pyrrole nitrogens is 1. The molecule has 0 unspecified atom stereocenters. The van der Waals surface area contributed by atoms with E-state index in [-0.39, 0.29) is 17.3 Å². The molecule has 0 saturated heterocycles. The Kier molecular flexibility index (Phi) is 2.53. The van der Waals surface area contributed by atoms with Gasteiger partial charge in [-0.3, -0.25) is 4.79 Å². The number of nitrogen functional groups attached to an aromatic ring is 1. The largest absolute Gasteiger partial charge is 0.478 e. The number of aromatic carboxylic acids is 1. The Morgan fingerprint density at radius 3 is 2.80 bits per heavy atom. The van der Waals surface area contributed by atoms with Gasteiger partial charge >= 0.3 is 5.97 Å². The number of nitrogens with one attached hydrogen (secondary N) is 1. The number of amides is 1. The van der Waals surface area contributed by atoms with Crippen molar-refractivity contribution in [3.8, 4) is 11.3 Å². The molecule has 1 aliphatic rings. The Hall–Kier alpha value is -2.76. The fourth-order valence-corrected chi connectivity index (χ4v) is 2.44. The molecule has 2 aromatic rings. The molecule has 102 valence electrons. The number of aromatic nitrogens is 1. The van der Waals surface area contributed by atoms with Crippen LogP contribution in [-0.4, -0.2) is 29.0 Å². The van der Waals surface area contributed by atoms with Crippen LogP contribution in [0.15, 0.2) is 24.3 Å². The van der Waals surface area contributed by atoms with Crippen LogP contribution in [0, 0.1) is 0 Å². The van der Waals surface area contributed by atoms with Crippen molar-refractivity contribution in [1.29, 1.82) is 0 Å². The van der Waals surface area contributed by atoms with Crippen molar-refractivity contribution in [1.82, 2.24) is 4.98 Å². The van der Waals surface area contributed by atoms with Gasteiger partial charge in [0.25, 0.3) is 0 Å². The molecule has 3 rings (SSSR count). The van der Waals surface area contributed by atoms with Gasteiger partial charge in [-0.1, -0.05) is 6.07 Å². The Morgan fingerprint density at radius 2 is 2.15 bits per heavy atom. The van der Waals surface area contributed by atoms with Crippen LogP contribution >= 0.6 is 0 Å². The summed E-state index contributed by atoms with van der Waals surface area (Å²) < 4.78 is 0. The molecule has 0 atom stereocenters. The second-order valence-corrected chi connectivity index (χ2v) is 4.79. The van der Waals surface area contributed by atoms with Crippen LogP contribution in [0.2, 0.25) is 0 Å². The Morgan fingerprint density at radius 1 is 1.40 bits per heavy atom. The van der Waals surface area contributed by atoms with Crippen LogP contribution in [0.3, 0.4) is 0 Å². The zero-order valence-electron chi connectivity index (χ0n) is 10.8. The summed E-state index contributed by atoms with van der Waals surface area (Å²) >= 11 is 0. The minimum atomic E-state index is -1.07. The standard InChI is InChI=1S/C14H13N3O3/c1-17-11-3-2-7(4-8(11)5-12(17)18)10-6-9(14(19)20)13(15)16-10/h2-4,6,16H,5,15H2,1H3,(H,19,20). The number of hydrogen-bond donors (Lipinski definition) is 3. The van der Waals surface area contributed by atoms with Crippen LogP contribution in [0.4, 0.5) is 11.5 Å². The van der Waals surface area contributed by atoms with Crippen molar-refractivity contribution in [3.63, 3.8) is 0 Å². The predicted octanol–water partition coefficient (Wildman–Crippen LogP) is 1.48. The first-order chi connectivity index (χ1) is 9.47. The number of nitrogens with two attached hydrogens (primary N) is 1. The van der Waals surface area contributed by atoms with E-state index in [1.54, 1.807) is 11.9 Å². The number of carboxylic acids is 1. The lowest BCUT2D eigenvalue weighted by atomic mass is 10.1. The van der Waals surface area contributed by atoms with Crippen molar-refractivity contribution < 1.29 is 14.7 Å². The molecule has 0 fully saturated rings. The van der Waals surface area contributed by atoms with Gasteiger partial charge in [0.2, 0.25) is 5.91 Å². The lowest BCUT2D eigenvalue weighted by molar-refractivity contribution is -0.117. The maximum Gasteiger partial charge on any atom is 0.339 e. The van der Waals surface area contributed by atoms with E-state index in [1.807, 2.05) is 18.2 Å². The summed E-state index contributed by atoms with van der Waals surface area (Å²) in [6.07, 6.45) is 0.363. The van der Waals surface area contributed by atoms with E-state index in [1.165, 1.54) is 6.07 Å². The summed E-state index contributed by atoms with van der Waals surface area (Å²) in [6, 6.07) is 7.07. The fourth-order valence-electron chi connectivity index (χ4n) is 2.44. The molecule has 6 nitrogen and oxygen atoms in total. The van der Waals surface area contributed by atoms with E-state index in [0.29, 0.717) is 12.1 Å². The normalized spacial score (nSPS) is 13.7. The zero-order valence-corrected chi connectivity index (χ0v) is 10.8. The maximum absolute atomic E-state index is 11.6. The first-order valence-corrected chi connectivity index (χ1v) is 6.09. The van der Waals surface area contributed by atoms with Gasteiger partial charge in [-0.25, -0.2) is 4.79 Å². The number of nitrogens with zero attached hydrogens (tertiary/aromatic N) is 1. The van der Waals surface area contributed by atoms with Crippen LogP contribution < -0.4 is 10.6 Å². The molecule has 1 aromatic carbocycles. The number of carbonyl (C=O) groups is 2. The third kappa shape index (κ3) is 1.73. The molecule has 1 aliphatic heterocycles. The molecule has 0 spiro atoms. The summed E-state index contributed by atoms with van der Waals surface area (Å²) in [7, 11) is 1.74. The van der Waals surface area contributed by atoms with E-state index in [9.17, 15) is 9.59 Å². The molecule has 6 heteroatoms. The summed E-state index contributed by atoms with van der Waals surface area (Å²) in [5.74, 6) is -0.892. The molecule has 0 radical (unpaired) electrons. The van der Waals surface area contributed by atoms with Crippen LogP contribution in [0.5, 0.6) is 0 Å². The molecule has 1 amide bonds. The van der Waals surface area contributed by atoms with Crippen molar-refractivity contribution in [2.45, 2.75) is 6.42 Å². The average Bonchev–Trinajstić information content (AvgIpc) is 2.91. The highest BCUT2D eigenvalue weighted by Gasteiger charge is 2.24. The van der Waals surface area contributed by atoms with Gasteiger partial charge in [-0.2, -0.15) is 0 Å². The van der Waals surface area contributed by atoms with Gasteiger partial charge in [0, 0.05) is 18.4 Å². The van der Waals surface area contributed by atoms with Crippen molar-refractivity contribution in [3.05, 3.63) is 35.4 Å². The topological polar surface area (TPSA) is 99.4 Å². The van der Waals surface area contributed by atoms with Gasteiger partial charge in [-0.15, -0.1) is 0 Å². The third-order valence-corrected chi connectivity index (χ3v) is 3.55. The van der Waals surface area contributed by atoms with Gasteiger partial charge in [0.05, 0.1) is 6.42 Å². The van der Waals surface area contributed by atoms with Crippen LogP contribution in [0.25, 0.3) is 11.3 Å². The van der Waals surface area contributed by atoms with Gasteiger partial charge in [0.1, 0.15) is 11.4 Å². The molecular formula is C14H13N3O3. The van der Waals surface area contributed by atoms with Crippen LogP contribution in [0.1, 0.15) is 15.9 Å². The van der Waals surface area contributed by atoms with E-state index < -0.39 is 5.97 Å². The Balaban J connectivity index is 2.05. The highest BCUT2D eigenvalue weighted by Crippen LogP contribution is 2.32. The first kappa shape index (κ1) is 12.3. The SMILES string of the molecule is CN1C(=O)Cc2cc(-c3cc(C(=O)O)c(N)[nH]3)ccc21. The minimum absolute atomic E-state index is 0.0497. The summed E-state index contributed by atoms with van der Waals surface area (Å²) in [4.78, 5) is 27.1. The highest BCUT2D eigenvalue weighted by atomic mass is 16.4. The molecule has 0 aliphatic carbocycles. The number of fused-ring (bicyclic) bond motifs is 1. The predicted molar refractivity (Wildman–Crippen MR) is 74.7 cm³/mol. The van der Waals surface area contributed by atoms with Gasteiger partial charge in [0.15, 0.2) is 0 Å². The third-order valence-electron chi connectivity index (χ3n) is 3.55. The number of anilines is 2. The number of benzene rings is 1. The average molecular weight is 271 g/mol. The van der Waals surface area contributed by atoms with E-state index in [0.717, 1.165) is 16.8 Å². The number of rotatable bonds is 2. The molecule has 0 bridgehead atoms. The Labute approximate surface area is 114 Å². The molecule has 1 aromatic heterocycles. The lowest BCUT2D eigenvalue weighted by Crippen LogP contribution is -2.20. The quantitative estimate of drug-likeness (QED) is 0.770. The molecule has 20 heavy (non-hydrogen) atoms. The Bertz CT molecular complexity index is 733. The molecule has 0 saturated carbocycles. The molecular weight excluding hydrogens is 258 g/mol. The molecule has 2 heterocycles. The van der Waals surface area contributed by atoms with E-state index in [4.69, 9.17) is 10.8 Å². The van der Waals surface area contributed by atoms with Crippen molar-refractivity contribution >= 4 is 23.4 Å². The second kappa shape index (κ2) is 4.12. The number of hydrogen-bond acceptors (Lipinski definition) is 3. The summed E-state index contributed by atoms with van der Waals surface area (Å²) in [5, 5.41) is 9.00. The lowest BCUT2D eigenvalue weighted by Gasteiger charge is -2.10. The number of likely N-dealkylation sites (N-methyl/N-ethyl adjacent to an activating group) is 1. The fraction of sp³-hybridized carbons (Fsp3) is 0.143. The van der Waals surface area contributed by atoms with Crippen LogP contribution in [-0.2, 0) is 11.2 Å². The molecule has 4 N–H and O–H groups in total. The van der Waals surface area contributed by atoms with Crippen molar-refractivity contribution in [2.24, 2.45) is 0 Å². The number of carboxylic acid groups (broad SMARTS) is 1. The monoisotopic (exact) mass is 271 g/mol. The van der Waals surface area contributed by atoms with Gasteiger partial charge in [-0.05, 0) is 29.3 Å². The summed E-state index contributed by atoms with van der Waals surface area (Å²) in [5.41, 5.74) is 8.94. The van der Waals surface area contributed by atoms with E-state index >= 15 is 0 Å².